The van der Waals surface area contributed by atoms with E-state index in [1.807, 2.05) is 6.92 Å². The highest BCUT2D eigenvalue weighted by Gasteiger charge is 2.34. The summed E-state index contributed by atoms with van der Waals surface area (Å²) in [5.74, 6) is -0.451. The van der Waals surface area contributed by atoms with Gasteiger partial charge in [-0.15, -0.1) is 0 Å². The summed E-state index contributed by atoms with van der Waals surface area (Å²) in [4.78, 5) is 27.1. The Morgan fingerprint density at radius 1 is 1.07 bits per heavy atom. The van der Waals surface area contributed by atoms with Gasteiger partial charge in [0, 0.05) is 29.7 Å². The van der Waals surface area contributed by atoms with Crippen molar-refractivity contribution >= 4 is 37.8 Å². The van der Waals surface area contributed by atoms with Gasteiger partial charge in [-0.25, -0.2) is 13.1 Å². The predicted molar refractivity (Wildman–Crippen MR) is 118 cm³/mol. The van der Waals surface area contributed by atoms with E-state index in [1.54, 1.807) is 53.4 Å². The summed E-state index contributed by atoms with van der Waals surface area (Å²) < 4.78 is 27.9. The number of likely N-dealkylation sites (tertiary alicyclic amines) is 1. The third-order valence-corrected chi connectivity index (χ3v) is 6.96. The van der Waals surface area contributed by atoms with Gasteiger partial charge in [0.1, 0.15) is 6.04 Å². The number of benzene rings is 2. The van der Waals surface area contributed by atoms with Gasteiger partial charge >= 0.3 is 0 Å². The van der Waals surface area contributed by atoms with Crippen molar-refractivity contribution in [1.82, 2.24) is 14.9 Å². The molecule has 0 aliphatic carbocycles. The normalized spacial score (nSPS) is 16.5. The van der Waals surface area contributed by atoms with Gasteiger partial charge in [-0.3, -0.25) is 9.59 Å². The minimum absolute atomic E-state index is 0.0648. The molecule has 0 bridgehead atoms. The molecule has 2 aromatic carbocycles. The van der Waals surface area contributed by atoms with E-state index in [4.69, 9.17) is 0 Å². The lowest BCUT2D eigenvalue weighted by atomic mass is 10.1. The molecule has 0 aromatic heterocycles. The van der Waals surface area contributed by atoms with Crippen LogP contribution in [0, 0.1) is 6.92 Å². The highest BCUT2D eigenvalue weighted by molar-refractivity contribution is 9.10. The van der Waals surface area contributed by atoms with E-state index in [-0.39, 0.29) is 29.8 Å². The average molecular weight is 494 g/mol. The van der Waals surface area contributed by atoms with E-state index in [9.17, 15) is 18.0 Å². The number of carbonyl (C=O) groups excluding carboxylic acids is 2. The number of carbonyl (C=O) groups is 2. The number of halogens is 1. The topological polar surface area (TPSA) is 95.6 Å². The summed E-state index contributed by atoms with van der Waals surface area (Å²) in [5.41, 5.74) is 1.50. The van der Waals surface area contributed by atoms with Crippen LogP contribution in [-0.4, -0.2) is 50.8 Å². The Kier molecular flexibility index (Phi) is 7.27. The summed E-state index contributed by atoms with van der Waals surface area (Å²) in [6, 6.07) is 13.0. The van der Waals surface area contributed by atoms with Gasteiger partial charge in [-0.1, -0.05) is 33.6 Å². The third kappa shape index (κ3) is 5.47. The Morgan fingerprint density at radius 2 is 1.73 bits per heavy atom. The number of hydrogen-bond donors (Lipinski definition) is 2. The molecule has 2 aromatic rings. The number of nitrogens with one attached hydrogen (secondary N) is 2. The van der Waals surface area contributed by atoms with Crippen molar-refractivity contribution in [2.24, 2.45) is 0 Å². The fourth-order valence-corrected chi connectivity index (χ4v) is 4.63. The zero-order valence-electron chi connectivity index (χ0n) is 16.6. The van der Waals surface area contributed by atoms with Crippen molar-refractivity contribution in [3.05, 3.63) is 64.1 Å². The van der Waals surface area contributed by atoms with Crippen LogP contribution in [0.2, 0.25) is 0 Å². The maximum atomic E-state index is 12.8. The largest absolute Gasteiger partial charge is 0.353 e. The molecular formula is C21H24BrN3O4S. The Bertz CT molecular complexity index is 1010. The second-order valence-corrected chi connectivity index (χ2v) is 9.85. The van der Waals surface area contributed by atoms with Crippen LogP contribution in [0.25, 0.3) is 0 Å². The van der Waals surface area contributed by atoms with E-state index >= 15 is 0 Å². The lowest BCUT2D eigenvalue weighted by Gasteiger charge is -2.24. The van der Waals surface area contributed by atoms with Gasteiger partial charge in [-0.05, 0) is 56.2 Å². The lowest BCUT2D eigenvalue weighted by molar-refractivity contribution is -0.124. The number of sulfonamides is 1. The van der Waals surface area contributed by atoms with Gasteiger partial charge in [0.15, 0.2) is 0 Å². The second-order valence-electron chi connectivity index (χ2n) is 7.17. The zero-order chi connectivity index (χ0) is 21.7. The first-order valence-corrected chi connectivity index (χ1v) is 12.0. The molecule has 7 nitrogen and oxygen atoms in total. The van der Waals surface area contributed by atoms with E-state index in [2.05, 4.69) is 26.0 Å². The molecule has 1 aliphatic heterocycles. The molecule has 1 aliphatic rings. The van der Waals surface area contributed by atoms with Crippen LogP contribution in [0.4, 0.5) is 0 Å². The summed E-state index contributed by atoms with van der Waals surface area (Å²) in [5, 5.41) is 2.74. The van der Waals surface area contributed by atoms with Crippen LogP contribution < -0.4 is 10.0 Å². The van der Waals surface area contributed by atoms with Crippen LogP contribution in [0.15, 0.2) is 57.9 Å². The highest BCUT2D eigenvalue weighted by atomic mass is 79.9. The highest BCUT2D eigenvalue weighted by Crippen LogP contribution is 2.21. The zero-order valence-corrected chi connectivity index (χ0v) is 19.0. The monoisotopic (exact) mass is 493 g/mol. The van der Waals surface area contributed by atoms with Crippen molar-refractivity contribution in [3.8, 4) is 0 Å². The van der Waals surface area contributed by atoms with Crippen molar-refractivity contribution in [2.75, 3.05) is 19.6 Å². The maximum absolute atomic E-state index is 12.8. The number of rotatable bonds is 7. The van der Waals surface area contributed by atoms with Crippen molar-refractivity contribution < 1.29 is 18.0 Å². The molecule has 0 spiro atoms. The van der Waals surface area contributed by atoms with Gasteiger partial charge in [0.2, 0.25) is 15.9 Å². The minimum atomic E-state index is -3.63. The van der Waals surface area contributed by atoms with Crippen LogP contribution in [0.5, 0.6) is 0 Å². The molecule has 2 N–H and O–H groups in total. The average Bonchev–Trinajstić information content (AvgIpc) is 3.21. The fraction of sp³-hybridized carbons (Fsp3) is 0.333. The van der Waals surface area contributed by atoms with Crippen LogP contribution >= 0.6 is 15.9 Å². The molecule has 1 heterocycles. The third-order valence-electron chi connectivity index (χ3n) is 4.96. The molecular weight excluding hydrogens is 470 g/mol. The Hall–Kier alpha value is -2.23. The molecule has 9 heteroatoms. The lowest BCUT2D eigenvalue weighted by Crippen LogP contribution is -2.47. The molecule has 1 fully saturated rings. The minimum Gasteiger partial charge on any atom is -0.353 e. The molecule has 2 amide bonds. The quantitative estimate of drug-likeness (QED) is 0.579. The summed E-state index contributed by atoms with van der Waals surface area (Å²) in [6.45, 7) is 2.61. The Labute approximate surface area is 185 Å². The summed E-state index contributed by atoms with van der Waals surface area (Å²) in [6.07, 6.45) is 1.34. The number of amides is 2. The number of nitrogens with zero attached hydrogens (tertiary/aromatic N) is 1. The number of hydrogen-bond acceptors (Lipinski definition) is 4. The van der Waals surface area contributed by atoms with Crippen LogP contribution in [-0.2, 0) is 14.8 Å². The van der Waals surface area contributed by atoms with Crippen LogP contribution in [0.1, 0.15) is 28.8 Å². The first-order valence-electron chi connectivity index (χ1n) is 9.68. The SMILES string of the molecule is Cc1ccc(S(=O)(=O)NCCNC(=O)C2CCCN2C(=O)c2ccc(Br)cc2)cc1. The molecule has 30 heavy (non-hydrogen) atoms. The smallest absolute Gasteiger partial charge is 0.254 e. The van der Waals surface area contributed by atoms with E-state index in [0.717, 1.165) is 16.5 Å². The van der Waals surface area contributed by atoms with E-state index < -0.39 is 16.1 Å². The molecule has 1 atom stereocenters. The van der Waals surface area contributed by atoms with Gasteiger partial charge in [-0.2, -0.15) is 0 Å². The summed E-state index contributed by atoms with van der Waals surface area (Å²) in [7, 11) is -3.63. The van der Waals surface area contributed by atoms with Crippen LogP contribution in [0.3, 0.4) is 0 Å². The van der Waals surface area contributed by atoms with Crippen molar-refractivity contribution in [2.45, 2.75) is 30.7 Å². The van der Waals surface area contributed by atoms with E-state index in [0.29, 0.717) is 18.5 Å². The maximum Gasteiger partial charge on any atom is 0.254 e. The van der Waals surface area contributed by atoms with Gasteiger partial charge in [0.05, 0.1) is 4.90 Å². The fourth-order valence-electron chi connectivity index (χ4n) is 3.33. The van der Waals surface area contributed by atoms with Crippen molar-refractivity contribution in [1.29, 1.82) is 0 Å². The molecule has 0 saturated carbocycles. The molecule has 1 saturated heterocycles. The van der Waals surface area contributed by atoms with Gasteiger partial charge in [0.25, 0.3) is 5.91 Å². The molecule has 160 valence electrons. The summed E-state index contributed by atoms with van der Waals surface area (Å²) >= 11 is 3.34. The Balaban J connectivity index is 1.52. The predicted octanol–water partition coefficient (Wildman–Crippen LogP) is 2.46. The molecule has 0 radical (unpaired) electrons. The van der Waals surface area contributed by atoms with E-state index in [1.165, 1.54) is 0 Å². The standard InChI is InChI=1S/C21H24BrN3O4S/c1-15-4-10-18(11-5-15)30(28,29)24-13-12-23-20(26)19-3-2-14-25(19)21(27)16-6-8-17(22)9-7-16/h4-11,19,24H,2-3,12-14H2,1H3,(H,23,26). The second kappa shape index (κ2) is 9.72. The van der Waals surface area contributed by atoms with Gasteiger partial charge < -0.3 is 10.2 Å². The first-order chi connectivity index (χ1) is 14.3. The number of aryl methyl sites for hydroxylation is 1. The molecule has 1 unspecified atom stereocenters. The molecule has 3 rings (SSSR count). The Morgan fingerprint density at radius 3 is 2.40 bits per heavy atom. The van der Waals surface area contributed by atoms with Crippen molar-refractivity contribution in [3.63, 3.8) is 0 Å². The first kappa shape index (κ1) is 22.5.